The first-order valence-electron chi connectivity index (χ1n) is 7.15. The Morgan fingerprint density at radius 2 is 2.00 bits per heavy atom. The number of hydrogen-bond donors (Lipinski definition) is 1. The lowest BCUT2D eigenvalue weighted by molar-refractivity contribution is -0.110. The first-order chi connectivity index (χ1) is 8.84. The van der Waals surface area contributed by atoms with Crippen LogP contribution in [0, 0.1) is 0 Å². The van der Waals surface area contributed by atoms with E-state index in [2.05, 4.69) is 5.32 Å². The van der Waals surface area contributed by atoms with Gasteiger partial charge in [-0.1, -0.05) is 0 Å². The van der Waals surface area contributed by atoms with Gasteiger partial charge in [-0.25, -0.2) is 4.79 Å². The molecule has 2 aliphatic heterocycles. The number of nitrogens with one attached hydrogen (secondary N) is 1. The summed E-state index contributed by atoms with van der Waals surface area (Å²) in [4.78, 5) is 14.5. The molecular formula is C14H26N2O3. The van der Waals surface area contributed by atoms with E-state index in [0.717, 1.165) is 25.9 Å². The standard InChI is InChI=1S/C14H26N2O3/c1-11-9-18-10-14(5-7-15-8-6-14)16(11)12(17)19-13(2,3)4/h11,15H,5-10H2,1-4H3. The fraction of sp³-hybridized carbons (Fsp3) is 0.929. The summed E-state index contributed by atoms with van der Waals surface area (Å²) in [5.74, 6) is 0. The van der Waals surface area contributed by atoms with Crippen molar-refractivity contribution in [3.05, 3.63) is 0 Å². The number of hydrogen-bond acceptors (Lipinski definition) is 4. The lowest BCUT2D eigenvalue weighted by atomic mass is 9.85. The molecule has 110 valence electrons. The number of morpholine rings is 1. The second-order valence-corrected chi connectivity index (χ2v) is 6.69. The minimum Gasteiger partial charge on any atom is -0.444 e. The Labute approximate surface area is 115 Å². The Kier molecular flexibility index (Phi) is 4.06. The maximum absolute atomic E-state index is 12.5. The lowest BCUT2D eigenvalue weighted by Crippen LogP contribution is -2.66. The number of carbonyl (C=O) groups is 1. The molecule has 0 aromatic carbocycles. The summed E-state index contributed by atoms with van der Waals surface area (Å²) in [5, 5.41) is 3.34. The van der Waals surface area contributed by atoms with Crippen LogP contribution in [-0.2, 0) is 9.47 Å². The van der Waals surface area contributed by atoms with Crippen LogP contribution < -0.4 is 5.32 Å². The van der Waals surface area contributed by atoms with Crippen LogP contribution in [0.15, 0.2) is 0 Å². The summed E-state index contributed by atoms with van der Waals surface area (Å²) in [5.41, 5.74) is -0.644. The van der Waals surface area contributed by atoms with E-state index in [1.54, 1.807) is 0 Å². The van der Waals surface area contributed by atoms with Crippen LogP contribution in [0.1, 0.15) is 40.5 Å². The van der Waals surface area contributed by atoms with E-state index < -0.39 is 5.60 Å². The van der Waals surface area contributed by atoms with Gasteiger partial charge in [0.1, 0.15) is 5.60 Å². The highest BCUT2D eigenvalue weighted by Gasteiger charge is 2.47. The molecule has 0 aromatic rings. The van der Waals surface area contributed by atoms with E-state index in [1.165, 1.54) is 0 Å². The average Bonchev–Trinajstić information content (AvgIpc) is 2.27. The van der Waals surface area contributed by atoms with Crippen LogP contribution in [0.5, 0.6) is 0 Å². The predicted octanol–water partition coefficient (Wildman–Crippen LogP) is 1.76. The van der Waals surface area contributed by atoms with Gasteiger partial charge < -0.3 is 14.8 Å². The number of ether oxygens (including phenoxy) is 2. The molecule has 0 aliphatic carbocycles. The summed E-state index contributed by atoms with van der Waals surface area (Å²) >= 11 is 0. The number of nitrogens with zero attached hydrogens (tertiary/aromatic N) is 1. The van der Waals surface area contributed by atoms with Crippen molar-refractivity contribution in [2.75, 3.05) is 26.3 Å². The molecular weight excluding hydrogens is 244 g/mol. The van der Waals surface area contributed by atoms with Gasteiger partial charge in [-0.05, 0) is 53.6 Å². The maximum atomic E-state index is 12.5. The Balaban J connectivity index is 2.18. The third kappa shape index (κ3) is 3.20. The Morgan fingerprint density at radius 1 is 1.37 bits per heavy atom. The normalized spacial score (nSPS) is 27.4. The van der Waals surface area contributed by atoms with Gasteiger partial charge in [0.25, 0.3) is 0 Å². The summed E-state index contributed by atoms with van der Waals surface area (Å²) in [6.07, 6.45) is 1.65. The second kappa shape index (κ2) is 5.29. The van der Waals surface area contributed by atoms with Crippen molar-refractivity contribution in [3.8, 4) is 0 Å². The van der Waals surface area contributed by atoms with E-state index >= 15 is 0 Å². The van der Waals surface area contributed by atoms with Crippen LogP contribution in [0.2, 0.25) is 0 Å². The molecule has 5 heteroatoms. The smallest absolute Gasteiger partial charge is 0.411 e. The zero-order valence-corrected chi connectivity index (χ0v) is 12.5. The minimum absolute atomic E-state index is 0.0710. The fourth-order valence-corrected chi connectivity index (χ4v) is 2.99. The molecule has 0 radical (unpaired) electrons. The molecule has 2 saturated heterocycles. The van der Waals surface area contributed by atoms with Gasteiger partial charge in [-0.2, -0.15) is 0 Å². The van der Waals surface area contributed by atoms with Crippen LogP contribution >= 0.6 is 0 Å². The van der Waals surface area contributed by atoms with Crippen molar-refractivity contribution >= 4 is 6.09 Å². The molecule has 2 rings (SSSR count). The second-order valence-electron chi connectivity index (χ2n) is 6.69. The van der Waals surface area contributed by atoms with Gasteiger partial charge in [0.2, 0.25) is 0 Å². The van der Waals surface area contributed by atoms with E-state index in [-0.39, 0.29) is 17.7 Å². The third-order valence-corrected chi connectivity index (χ3v) is 3.81. The Hall–Kier alpha value is -0.810. The van der Waals surface area contributed by atoms with Crippen LogP contribution in [0.3, 0.4) is 0 Å². The van der Waals surface area contributed by atoms with E-state index in [1.807, 2.05) is 32.6 Å². The maximum Gasteiger partial charge on any atom is 0.411 e. The topological polar surface area (TPSA) is 50.8 Å². The predicted molar refractivity (Wildman–Crippen MR) is 73.2 cm³/mol. The molecule has 5 nitrogen and oxygen atoms in total. The fourth-order valence-electron chi connectivity index (χ4n) is 2.99. The number of amides is 1. The van der Waals surface area contributed by atoms with Crippen molar-refractivity contribution in [1.29, 1.82) is 0 Å². The third-order valence-electron chi connectivity index (χ3n) is 3.81. The van der Waals surface area contributed by atoms with Crippen LogP contribution in [0.4, 0.5) is 4.79 Å². The summed E-state index contributed by atoms with van der Waals surface area (Å²) in [7, 11) is 0. The molecule has 2 aliphatic rings. The molecule has 1 spiro atoms. The highest BCUT2D eigenvalue weighted by atomic mass is 16.6. The van der Waals surface area contributed by atoms with E-state index in [9.17, 15) is 4.79 Å². The summed E-state index contributed by atoms with van der Waals surface area (Å²) in [6, 6.07) is 0.0710. The number of rotatable bonds is 0. The van der Waals surface area contributed by atoms with Gasteiger partial charge in [-0.15, -0.1) is 0 Å². The van der Waals surface area contributed by atoms with E-state index in [0.29, 0.717) is 13.2 Å². The molecule has 0 saturated carbocycles. The van der Waals surface area contributed by atoms with Crippen molar-refractivity contribution in [3.63, 3.8) is 0 Å². The minimum atomic E-state index is -0.455. The Bertz CT molecular complexity index is 327. The van der Waals surface area contributed by atoms with Crippen molar-refractivity contribution in [1.82, 2.24) is 10.2 Å². The van der Waals surface area contributed by atoms with Crippen LogP contribution in [0.25, 0.3) is 0 Å². The zero-order chi connectivity index (χ0) is 14.1. The number of piperidine rings is 1. The highest BCUT2D eigenvalue weighted by Crippen LogP contribution is 2.33. The molecule has 1 N–H and O–H groups in total. The van der Waals surface area contributed by atoms with Gasteiger partial charge in [-0.3, -0.25) is 4.90 Å². The SMILES string of the molecule is CC1COCC2(CCNCC2)N1C(=O)OC(C)(C)C. The molecule has 0 bridgehead atoms. The summed E-state index contributed by atoms with van der Waals surface area (Å²) in [6.45, 7) is 10.8. The zero-order valence-electron chi connectivity index (χ0n) is 12.5. The number of carbonyl (C=O) groups excluding carboxylic acids is 1. The van der Waals surface area contributed by atoms with Crippen molar-refractivity contribution in [2.24, 2.45) is 0 Å². The quantitative estimate of drug-likeness (QED) is 0.729. The average molecular weight is 270 g/mol. The molecule has 1 amide bonds. The van der Waals surface area contributed by atoms with Gasteiger partial charge in [0.05, 0.1) is 24.8 Å². The Morgan fingerprint density at radius 3 is 2.58 bits per heavy atom. The van der Waals surface area contributed by atoms with Crippen molar-refractivity contribution in [2.45, 2.75) is 57.7 Å². The first-order valence-corrected chi connectivity index (χ1v) is 7.15. The molecule has 2 fully saturated rings. The van der Waals surface area contributed by atoms with Crippen LogP contribution in [-0.4, -0.2) is 54.5 Å². The molecule has 1 atom stereocenters. The monoisotopic (exact) mass is 270 g/mol. The highest BCUT2D eigenvalue weighted by molar-refractivity contribution is 5.70. The molecule has 19 heavy (non-hydrogen) atoms. The first kappa shape index (κ1) is 14.6. The summed E-state index contributed by atoms with van der Waals surface area (Å²) < 4.78 is 11.3. The largest absolute Gasteiger partial charge is 0.444 e. The lowest BCUT2D eigenvalue weighted by Gasteiger charge is -2.51. The van der Waals surface area contributed by atoms with Gasteiger partial charge >= 0.3 is 6.09 Å². The molecule has 1 unspecified atom stereocenters. The van der Waals surface area contributed by atoms with Gasteiger partial charge in [0, 0.05) is 0 Å². The van der Waals surface area contributed by atoms with Crippen molar-refractivity contribution < 1.29 is 14.3 Å². The van der Waals surface area contributed by atoms with E-state index in [4.69, 9.17) is 9.47 Å². The molecule has 2 heterocycles. The molecule has 0 aromatic heterocycles. The van der Waals surface area contributed by atoms with Gasteiger partial charge in [0.15, 0.2) is 0 Å².